The van der Waals surface area contributed by atoms with Crippen LogP contribution < -0.4 is 0 Å². The molecule has 8 atom stereocenters. The third-order valence-corrected chi connectivity index (χ3v) is 13.7. The molecule has 49 heavy (non-hydrogen) atoms. The molecular weight excluding hydrogens is 628 g/mol. The van der Waals surface area contributed by atoms with Gasteiger partial charge in [-0.05, 0) is 78.1 Å². The average Bonchev–Trinajstić information content (AvgIpc) is 3.84. The van der Waals surface area contributed by atoms with E-state index in [1.54, 1.807) is 20.8 Å². The van der Waals surface area contributed by atoms with E-state index in [1.165, 1.54) is 4.90 Å². The number of nitriles is 1. The number of hydrogen-bond acceptors (Lipinski definition) is 10. The number of aliphatic hydroxyl groups is 1. The number of likely N-dealkylation sites (tertiary alicyclic amines) is 1. The molecule has 11 heteroatoms. The monoisotopic (exact) mass is 686 g/mol. The van der Waals surface area contributed by atoms with Gasteiger partial charge >= 0.3 is 6.09 Å². The van der Waals surface area contributed by atoms with Crippen LogP contribution in [0.5, 0.6) is 0 Å². The van der Waals surface area contributed by atoms with Crippen molar-refractivity contribution < 1.29 is 43.2 Å². The molecule has 2 bridgehead atoms. The van der Waals surface area contributed by atoms with E-state index in [1.807, 2.05) is 20.8 Å². The predicted molar refractivity (Wildman–Crippen MR) is 179 cm³/mol. The lowest BCUT2D eigenvalue weighted by atomic mass is 9.48. The maximum atomic E-state index is 13.7. The quantitative estimate of drug-likeness (QED) is 0.360. The Morgan fingerprint density at radius 2 is 1.45 bits per heavy atom. The van der Waals surface area contributed by atoms with E-state index < -0.39 is 46.1 Å². The molecule has 1 unspecified atom stereocenters. The maximum absolute atomic E-state index is 13.7. The van der Waals surface area contributed by atoms with Gasteiger partial charge in [0.25, 0.3) is 0 Å². The first kappa shape index (κ1) is 37.9. The summed E-state index contributed by atoms with van der Waals surface area (Å²) in [5, 5.41) is 19.3. The zero-order chi connectivity index (χ0) is 35.1. The number of imide groups is 1. The number of fused-ring (bicyclic) bond motifs is 2. The second kappa shape index (κ2) is 12.4. The van der Waals surface area contributed by atoms with Gasteiger partial charge in [-0.15, -0.1) is 0 Å². The van der Waals surface area contributed by atoms with E-state index >= 15 is 0 Å². The summed E-state index contributed by atoms with van der Waals surface area (Å²) in [5.41, 5.74) is -2.58. The van der Waals surface area contributed by atoms with Crippen molar-refractivity contribution in [3.63, 3.8) is 0 Å². The molecule has 274 valence electrons. The molecule has 3 heterocycles. The lowest BCUT2D eigenvalue weighted by Crippen LogP contribution is -2.68. The molecule has 7 aliphatic rings. The Morgan fingerprint density at radius 3 is 1.98 bits per heavy atom. The summed E-state index contributed by atoms with van der Waals surface area (Å²) >= 11 is 0. The van der Waals surface area contributed by atoms with Gasteiger partial charge in [-0.2, -0.15) is 5.26 Å². The van der Waals surface area contributed by atoms with Crippen LogP contribution in [0.3, 0.4) is 0 Å². The highest BCUT2D eigenvalue weighted by molar-refractivity contribution is 5.99. The molecule has 0 aromatic heterocycles. The van der Waals surface area contributed by atoms with Crippen LogP contribution in [-0.2, 0) is 33.3 Å². The van der Waals surface area contributed by atoms with E-state index in [-0.39, 0.29) is 48.2 Å². The number of Topliss-reactive ketones (excluding diaryl/α,β-unsaturated/α-hetero) is 1. The Kier molecular flexibility index (Phi) is 9.59. The fourth-order valence-corrected chi connectivity index (χ4v) is 11.2. The van der Waals surface area contributed by atoms with Gasteiger partial charge < -0.3 is 28.8 Å². The highest BCUT2D eigenvalue weighted by Gasteiger charge is 2.76. The van der Waals surface area contributed by atoms with E-state index in [9.17, 15) is 24.8 Å². The van der Waals surface area contributed by atoms with Crippen LogP contribution in [0.25, 0.3) is 0 Å². The van der Waals surface area contributed by atoms with Gasteiger partial charge in [0, 0.05) is 41.2 Å². The van der Waals surface area contributed by atoms with E-state index in [4.69, 9.17) is 23.7 Å². The van der Waals surface area contributed by atoms with Crippen LogP contribution in [0.4, 0.5) is 4.79 Å². The van der Waals surface area contributed by atoms with Gasteiger partial charge in [0.2, 0.25) is 5.91 Å². The number of piperidine rings is 1. The number of carbonyl (C=O) groups is 3. The van der Waals surface area contributed by atoms with Crippen molar-refractivity contribution in [2.75, 3.05) is 33.0 Å². The lowest BCUT2D eigenvalue weighted by Gasteiger charge is -2.61. The number of hydrogen-bond donors (Lipinski definition) is 1. The first-order valence-corrected chi connectivity index (χ1v) is 17.8. The topological polar surface area (TPSA) is 145 Å². The summed E-state index contributed by atoms with van der Waals surface area (Å²) in [7, 11) is 0. The Bertz CT molecular complexity index is 1400. The summed E-state index contributed by atoms with van der Waals surface area (Å²) in [5.74, 6) is -2.17. The molecule has 1 N–H and O–H groups in total. The fraction of sp³-hybridized carbons (Fsp3) is 0.842. The highest BCUT2D eigenvalue weighted by atomic mass is 16.7. The molecule has 2 amide bonds. The van der Waals surface area contributed by atoms with Gasteiger partial charge in [0.1, 0.15) is 12.2 Å². The summed E-state index contributed by atoms with van der Waals surface area (Å²) in [6.07, 6.45) is 5.69. The summed E-state index contributed by atoms with van der Waals surface area (Å²) in [4.78, 5) is 40.5. The molecule has 7 rings (SSSR count). The van der Waals surface area contributed by atoms with Crippen molar-refractivity contribution >= 4 is 17.8 Å². The van der Waals surface area contributed by atoms with Gasteiger partial charge in [0.15, 0.2) is 17.4 Å². The van der Waals surface area contributed by atoms with Gasteiger partial charge in [0.05, 0.1) is 43.3 Å². The fourth-order valence-electron chi connectivity index (χ4n) is 11.2. The SMILES string of the molecule is C.C=C1N(C(=O)OC(C)(C)C)C(=O)[C@@]2(C)C3C4(CC[C@@]13CC[C@H]2C)OCCO4.C[C@@H]1CC[C@@]2(C#N)CCC3(OCCO3)[C@H]2[C@]1(C)C(=O)CO. The van der Waals surface area contributed by atoms with Crippen molar-refractivity contribution in [1.82, 2.24) is 4.90 Å². The normalized spacial score (nSPS) is 41.3. The second-order valence-corrected chi connectivity index (χ2v) is 16.9. The minimum Gasteiger partial charge on any atom is -0.443 e. The molecule has 2 spiro atoms. The Balaban J connectivity index is 0.000000193. The Labute approximate surface area is 292 Å². The van der Waals surface area contributed by atoms with Crippen LogP contribution in [-0.4, -0.2) is 78.0 Å². The zero-order valence-electron chi connectivity index (χ0n) is 29.8. The molecule has 3 aliphatic heterocycles. The predicted octanol–water partition coefficient (Wildman–Crippen LogP) is 6.14. The third-order valence-electron chi connectivity index (χ3n) is 13.7. The first-order valence-electron chi connectivity index (χ1n) is 17.8. The minimum atomic E-state index is -0.815. The van der Waals surface area contributed by atoms with Crippen molar-refractivity contribution in [3.8, 4) is 6.07 Å². The van der Waals surface area contributed by atoms with Gasteiger partial charge in [-0.25, -0.2) is 9.69 Å². The Morgan fingerprint density at radius 1 is 0.918 bits per heavy atom. The number of carbonyl (C=O) groups excluding carboxylic acids is 3. The highest BCUT2D eigenvalue weighted by Crippen LogP contribution is 2.72. The minimum absolute atomic E-state index is 0. The second-order valence-electron chi connectivity index (χ2n) is 16.9. The molecule has 3 saturated heterocycles. The lowest BCUT2D eigenvalue weighted by molar-refractivity contribution is -0.246. The van der Waals surface area contributed by atoms with Crippen molar-refractivity contribution in [2.24, 2.45) is 45.3 Å². The van der Waals surface area contributed by atoms with Gasteiger partial charge in [-0.1, -0.05) is 34.8 Å². The molecule has 11 nitrogen and oxygen atoms in total. The molecule has 7 fully saturated rings. The van der Waals surface area contributed by atoms with Crippen molar-refractivity contribution in [2.45, 2.75) is 124 Å². The molecule has 0 aromatic carbocycles. The molecule has 4 aliphatic carbocycles. The third kappa shape index (κ3) is 5.17. The van der Waals surface area contributed by atoms with E-state index in [2.05, 4.69) is 19.6 Å². The average molecular weight is 687 g/mol. The van der Waals surface area contributed by atoms with Crippen LogP contribution in [0.2, 0.25) is 0 Å². The number of nitrogens with zero attached hydrogens (tertiary/aromatic N) is 2. The summed E-state index contributed by atoms with van der Waals surface area (Å²) < 4.78 is 29.7. The van der Waals surface area contributed by atoms with E-state index in [0.717, 1.165) is 38.5 Å². The zero-order valence-corrected chi connectivity index (χ0v) is 29.8. The van der Waals surface area contributed by atoms with Crippen LogP contribution in [0, 0.1) is 56.7 Å². The standard InChI is InChI=1S/C21H31NO5.C16H23NO4.CH4/c1-13-7-8-20-9-10-21(25-11-12-26-21)15(20)19(13,6)16(23)22(14(20)2)17(24)27-18(3,4)5;1-11-3-4-15(10-17)5-6-16(20-7-8-21-16)13(15)14(11,2)12(19)9-18;/h13,15H,2,7-12H2,1,3-6H3;11,13,18H,3-9H2,1-2H3;1H4/t13-,15?,19-,20+;11-,13+,14+,15+;/m11./s1. The maximum Gasteiger partial charge on any atom is 0.421 e. The number of amides is 2. The molecular formula is C38H58N2O9. The van der Waals surface area contributed by atoms with Gasteiger partial charge in [-0.3, -0.25) is 9.59 Å². The number of aliphatic hydroxyl groups excluding tert-OH is 1. The smallest absolute Gasteiger partial charge is 0.421 e. The molecule has 0 aromatic rings. The van der Waals surface area contributed by atoms with Crippen LogP contribution in [0.15, 0.2) is 12.3 Å². The van der Waals surface area contributed by atoms with Crippen molar-refractivity contribution in [3.05, 3.63) is 12.3 Å². The number of rotatable bonds is 2. The van der Waals surface area contributed by atoms with Crippen LogP contribution in [0.1, 0.15) is 107 Å². The van der Waals surface area contributed by atoms with Crippen LogP contribution >= 0.6 is 0 Å². The number of ketones is 1. The molecule has 0 radical (unpaired) electrons. The van der Waals surface area contributed by atoms with Crippen molar-refractivity contribution in [1.29, 1.82) is 5.26 Å². The largest absolute Gasteiger partial charge is 0.443 e. The first-order chi connectivity index (χ1) is 22.4. The summed E-state index contributed by atoms with van der Waals surface area (Å²) in [6, 6.07) is 2.49. The van der Waals surface area contributed by atoms with E-state index in [0.29, 0.717) is 45.0 Å². The molecule has 4 saturated carbocycles. The Hall–Kier alpha value is -2.36. The summed E-state index contributed by atoms with van der Waals surface area (Å²) in [6.45, 7) is 19.3. The number of ether oxygens (including phenoxy) is 5. The number of allylic oxidation sites excluding steroid dienone is 1.